The fourth-order valence-corrected chi connectivity index (χ4v) is 6.05. The number of hydrogen-bond acceptors (Lipinski definition) is 2. The molecule has 1 aliphatic heterocycles. The lowest BCUT2D eigenvalue weighted by atomic mass is 9.66. The van der Waals surface area contributed by atoms with Crippen LogP contribution in [-0.4, -0.2) is 22.9 Å². The second kappa shape index (κ2) is 4.43. The predicted molar refractivity (Wildman–Crippen MR) is 89.4 cm³/mol. The standard InChI is InChI=1S/C18H18Cl2N2O/c1-16-10-22(15(23)13-4-3-12(19)7-14(13)20)18(9-21)8-11(16)5-6-17(16,18)2/h3-4,7,11H,5-6,8,10H2,1-2H3/t11-,16-,17+,18-/m1/s1. The summed E-state index contributed by atoms with van der Waals surface area (Å²) in [6.07, 6.45) is 2.97. The van der Waals surface area contributed by atoms with Crippen molar-refractivity contribution in [3.63, 3.8) is 0 Å². The number of hydrogen-bond donors (Lipinski definition) is 0. The molecule has 0 spiro atoms. The van der Waals surface area contributed by atoms with Gasteiger partial charge in [0.1, 0.15) is 5.54 Å². The summed E-state index contributed by atoms with van der Waals surface area (Å²) in [4.78, 5) is 14.9. The molecule has 3 aliphatic rings. The molecule has 0 aromatic heterocycles. The van der Waals surface area contributed by atoms with Gasteiger partial charge in [-0.3, -0.25) is 4.79 Å². The van der Waals surface area contributed by atoms with Crippen molar-refractivity contribution in [2.24, 2.45) is 16.7 Å². The molecule has 2 saturated carbocycles. The number of nitrogens with zero attached hydrogens (tertiary/aromatic N) is 2. The lowest BCUT2D eigenvalue weighted by Crippen LogP contribution is -2.54. The van der Waals surface area contributed by atoms with Gasteiger partial charge in [-0.05, 0) is 48.8 Å². The van der Waals surface area contributed by atoms with Crippen molar-refractivity contribution in [3.05, 3.63) is 33.8 Å². The maximum absolute atomic E-state index is 13.1. The van der Waals surface area contributed by atoms with Crippen LogP contribution in [0.25, 0.3) is 0 Å². The van der Waals surface area contributed by atoms with E-state index in [0.717, 1.165) is 12.8 Å². The molecular formula is C18H18Cl2N2O. The minimum absolute atomic E-state index is 0.0251. The number of amides is 1. The second-order valence-electron chi connectivity index (χ2n) is 7.68. The van der Waals surface area contributed by atoms with Crippen molar-refractivity contribution in [2.75, 3.05) is 6.54 Å². The molecule has 3 fully saturated rings. The summed E-state index contributed by atoms with van der Waals surface area (Å²) in [5, 5.41) is 10.9. The number of benzene rings is 1. The van der Waals surface area contributed by atoms with Crippen LogP contribution in [0, 0.1) is 28.1 Å². The van der Waals surface area contributed by atoms with E-state index in [1.165, 1.54) is 6.42 Å². The van der Waals surface area contributed by atoms with Crippen molar-refractivity contribution in [2.45, 2.75) is 38.6 Å². The summed E-state index contributed by atoms with van der Waals surface area (Å²) < 4.78 is 0. The molecular weight excluding hydrogens is 331 g/mol. The molecule has 3 nitrogen and oxygen atoms in total. The quantitative estimate of drug-likeness (QED) is 0.747. The fraction of sp³-hybridized carbons (Fsp3) is 0.556. The minimum Gasteiger partial charge on any atom is -0.319 e. The van der Waals surface area contributed by atoms with E-state index < -0.39 is 5.54 Å². The molecule has 0 unspecified atom stereocenters. The average Bonchev–Trinajstić information content (AvgIpc) is 2.95. The van der Waals surface area contributed by atoms with E-state index in [0.29, 0.717) is 28.1 Å². The first kappa shape index (κ1) is 15.3. The number of carbonyl (C=O) groups excluding carboxylic acids is 1. The molecule has 1 amide bonds. The highest BCUT2D eigenvalue weighted by Gasteiger charge is 2.78. The van der Waals surface area contributed by atoms with Gasteiger partial charge in [-0.2, -0.15) is 5.26 Å². The molecule has 1 aromatic rings. The van der Waals surface area contributed by atoms with Crippen molar-refractivity contribution in [3.8, 4) is 6.07 Å². The summed E-state index contributed by atoms with van der Waals surface area (Å²) in [7, 11) is 0. The van der Waals surface area contributed by atoms with Crippen LogP contribution in [0.3, 0.4) is 0 Å². The summed E-state index contributed by atoms with van der Waals surface area (Å²) in [6, 6.07) is 7.45. The molecule has 0 radical (unpaired) electrons. The SMILES string of the molecule is C[C@@]12CC[C@@H]3C[C@]1(C#N)N(C(=O)c1ccc(Cl)cc1Cl)C[C@]32C. The summed E-state index contributed by atoms with van der Waals surface area (Å²) >= 11 is 12.2. The first-order valence-corrected chi connectivity index (χ1v) is 8.73. The zero-order valence-electron chi connectivity index (χ0n) is 13.2. The van der Waals surface area contributed by atoms with Crippen LogP contribution in [0.5, 0.6) is 0 Å². The first-order valence-electron chi connectivity index (χ1n) is 7.97. The Morgan fingerprint density at radius 1 is 1.39 bits per heavy atom. The highest BCUT2D eigenvalue weighted by Crippen LogP contribution is 2.75. The van der Waals surface area contributed by atoms with Gasteiger partial charge in [0.2, 0.25) is 0 Å². The highest BCUT2D eigenvalue weighted by atomic mass is 35.5. The maximum Gasteiger partial charge on any atom is 0.256 e. The van der Waals surface area contributed by atoms with Crippen LogP contribution in [0.4, 0.5) is 0 Å². The third-order valence-corrected chi connectivity index (χ3v) is 7.70. The van der Waals surface area contributed by atoms with Gasteiger partial charge < -0.3 is 4.90 Å². The van der Waals surface area contributed by atoms with E-state index >= 15 is 0 Å². The third kappa shape index (κ3) is 1.55. The zero-order valence-corrected chi connectivity index (χ0v) is 14.7. The van der Waals surface area contributed by atoms with Gasteiger partial charge in [0.05, 0.1) is 16.7 Å². The average molecular weight is 349 g/mol. The largest absolute Gasteiger partial charge is 0.319 e. The van der Waals surface area contributed by atoms with Gasteiger partial charge in [0.25, 0.3) is 5.91 Å². The number of piperidine rings is 1. The molecule has 4 rings (SSSR count). The zero-order chi connectivity index (χ0) is 16.6. The van der Waals surface area contributed by atoms with Crippen molar-refractivity contribution < 1.29 is 4.79 Å². The molecule has 4 atom stereocenters. The lowest BCUT2D eigenvalue weighted by Gasteiger charge is -2.43. The topological polar surface area (TPSA) is 44.1 Å². The molecule has 1 saturated heterocycles. The Kier molecular flexibility index (Phi) is 2.95. The van der Waals surface area contributed by atoms with Crippen molar-refractivity contribution in [1.82, 2.24) is 4.90 Å². The Morgan fingerprint density at radius 2 is 2.13 bits per heavy atom. The number of nitriles is 1. The molecule has 1 heterocycles. The second-order valence-corrected chi connectivity index (χ2v) is 8.52. The van der Waals surface area contributed by atoms with Crippen LogP contribution >= 0.6 is 23.2 Å². The van der Waals surface area contributed by atoms with E-state index in [-0.39, 0.29) is 16.7 Å². The van der Waals surface area contributed by atoms with Gasteiger partial charge in [-0.25, -0.2) is 0 Å². The Balaban J connectivity index is 1.80. The third-order valence-electron chi connectivity index (χ3n) is 7.15. The Hall–Kier alpha value is -1.24. The van der Waals surface area contributed by atoms with Gasteiger partial charge in [0.15, 0.2) is 0 Å². The van der Waals surface area contributed by atoms with Crippen molar-refractivity contribution >= 4 is 29.1 Å². The summed E-state index contributed by atoms with van der Waals surface area (Å²) in [6.45, 7) is 5.08. The van der Waals surface area contributed by atoms with Crippen molar-refractivity contribution in [1.29, 1.82) is 5.26 Å². The highest BCUT2D eigenvalue weighted by molar-refractivity contribution is 6.36. The Morgan fingerprint density at radius 3 is 2.74 bits per heavy atom. The van der Waals surface area contributed by atoms with E-state index in [4.69, 9.17) is 23.2 Å². The fourth-order valence-electron chi connectivity index (χ4n) is 5.56. The van der Waals surface area contributed by atoms with Crippen LogP contribution < -0.4 is 0 Å². The molecule has 23 heavy (non-hydrogen) atoms. The summed E-state index contributed by atoms with van der Waals surface area (Å²) in [5.41, 5.74) is -0.378. The minimum atomic E-state index is -0.704. The Labute approximate surface area is 146 Å². The summed E-state index contributed by atoms with van der Waals surface area (Å²) in [5.74, 6) is 0.389. The molecule has 5 heteroatoms. The lowest BCUT2D eigenvalue weighted by molar-refractivity contribution is 0.0430. The molecule has 1 aromatic carbocycles. The maximum atomic E-state index is 13.1. The van der Waals surface area contributed by atoms with Crippen LogP contribution in [-0.2, 0) is 0 Å². The van der Waals surface area contributed by atoms with Gasteiger partial charge >= 0.3 is 0 Å². The van der Waals surface area contributed by atoms with E-state index in [2.05, 4.69) is 19.9 Å². The van der Waals surface area contributed by atoms with Crippen LogP contribution in [0.2, 0.25) is 10.0 Å². The molecule has 2 aliphatic carbocycles. The van der Waals surface area contributed by atoms with E-state index in [1.807, 2.05) is 0 Å². The number of halogens is 2. The number of likely N-dealkylation sites (tertiary alicyclic amines) is 1. The van der Waals surface area contributed by atoms with Crippen LogP contribution in [0.1, 0.15) is 43.5 Å². The van der Waals surface area contributed by atoms with Gasteiger partial charge in [-0.15, -0.1) is 0 Å². The molecule has 120 valence electrons. The predicted octanol–water partition coefficient (Wildman–Crippen LogP) is 4.54. The Bertz CT molecular complexity index is 773. The van der Waals surface area contributed by atoms with Gasteiger partial charge in [0, 0.05) is 17.0 Å². The molecule has 0 N–H and O–H groups in total. The van der Waals surface area contributed by atoms with E-state index in [1.54, 1.807) is 23.1 Å². The first-order chi connectivity index (χ1) is 10.8. The monoisotopic (exact) mass is 348 g/mol. The molecule has 4 bridgehead atoms. The number of carbonyl (C=O) groups is 1. The normalized spacial score (nSPS) is 40.5. The van der Waals surface area contributed by atoms with Crippen LogP contribution in [0.15, 0.2) is 18.2 Å². The smallest absolute Gasteiger partial charge is 0.256 e. The van der Waals surface area contributed by atoms with Gasteiger partial charge in [-0.1, -0.05) is 37.0 Å². The van der Waals surface area contributed by atoms with E-state index in [9.17, 15) is 10.1 Å². The number of rotatable bonds is 1.